The topological polar surface area (TPSA) is 72.5 Å². The summed E-state index contributed by atoms with van der Waals surface area (Å²) in [6, 6.07) is 11.3. The summed E-state index contributed by atoms with van der Waals surface area (Å²) in [6.07, 6.45) is 4.06. The summed E-state index contributed by atoms with van der Waals surface area (Å²) in [5, 5.41) is 2.83. The van der Waals surface area contributed by atoms with Crippen molar-refractivity contribution in [2.45, 2.75) is 4.90 Å². The van der Waals surface area contributed by atoms with Crippen molar-refractivity contribution in [2.75, 3.05) is 18.7 Å². The van der Waals surface area contributed by atoms with Gasteiger partial charge in [0.25, 0.3) is 0 Å². The second kappa shape index (κ2) is 7.51. The van der Waals surface area contributed by atoms with E-state index in [2.05, 4.69) is 5.32 Å². The van der Waals surface area contributed by atoms with E-state index >= 15 is 0 Å². The molecular formula is C17H16ClNO4S. The van der Waals surface area contributed by atoms with E-state index in [4.69, 9.17) is 16.3 Å². The molecule has 0 bridgehead atoms. The molecule has 0 heterocycles. The molecule has 7 heteroatoms. The Morgan fingerprint density at radius 2 is 1.83 bits per heavy atom. The van der Waals surface area contributed by atoms with Crippen LogP contribution in [0.25, 0.3) is 6.08 Å². The minimum atomic E-state index is -3.38. The van der Waals surface area contributed by atoms with Gasteiger partial charge in [-0.2, -0.15) is 0 Å². The van der Waals surface area contributed by atoms with E-state index in [9.17, 15) is 13.2 Å². The van der Waals surface area contributed by atoms with Crippen LogP contribution in [0.5, 0.6) is 5.75 Å². The maximum Gasteiger partial charge on any atom is 0.248 e. The number of benzene rings is 2. The highest BCUT2D eigenvalue weighted by Gasteiger charge is 2.11. The molecule has 0 aliphatic rings. The average molecular weight is 366 g/mol. The minimum absolute atomic E-state index is 0.0846. The van der Waals surface area contributed by atoms with Gasteiger partial charge in [-0.1, -0.05) is 23.7 Å². The molecule has 0 aliphatic heterocycles. The van der Waals surface area contributed by atoms with E-state index < -0.39 is 15.7 Å². The smallest absolute Gasteiger partial charge is 0.248 e. The second-order valence-electron chi connectivity index (χ2n) is 5.01. The van der Waals surface area contributed by atoms with Gasteiger partial charge in [-0.3, -0.25) is 4.79 Å². The molecule has 0 radical (unpaired) electrons. The van der Waals surface area contributed by atoms with Gasteiger partial charge < -0.3 is 10.1 Å². The second-order valence-corrected chi connectivity index (χ2v) is 7.43. The normalized spacial score (nSPS) is 11.5. The molecular weight excluding hydrogens is 350 g/mol. The number of rotatable bonds is 5. The van der Waals surface area contributed by atoms with Crippen LogP contribution in [0.15, 0.2) is 53.4 Å². The predicted molar refractivity (Wildman–Crippen MR) is 95.2 cm³/mol. The quantitative estimate of drug-likeness (QED) is 0.824. The molecule has 2 aromatic carbocycles. The molecule has 0 saturated carbocycles. The number of sulfone groups is 1. The van der Waals surface area contributed by atoms with Gasteiger partial charge in [0.2, 0.25) is 5.91 Å². The standard InChI is InChI=1S/C17H16ClNO4S/c1-23-13-6-3-12(4-7-13)5-10-17(20)19-16-11-14(24(2,21)22)8-9-15(16)18/h3-11H,1-2H3,(H,19,20). The zero-order valence-corrected chi connectivity index (χ0v) is 14.7. The molecule has 0 aromatic heterocycles. The molecule has 2 rings (SSSR count). The number of ether oxygens (including phenoxy) is 1. The van der Waals surface area contributed by atoms with Crippen molar-refractivity contribution in [3.63, 3.8) is 0 Å². The number of carbonyl (C=O) groups is 1. The van der Waals surface area contributed by atoms with Crippen LogP contribution in [0.2, 0.25) is 5.02 Å². The zero-order chi connectivity index (χ0) is 17.7. The number of nitrogens with one attached hydrogen (secondary N) is 1. The van der Waals surface area contributed by atoms with Crippen LogP contribution in [0.4, 0.5) is 5.69 Å². The molecule has 5 nitrogen and oxygen atoms in total. The zero-order valence-electron chi connectivity index (χ0n) is 13.1. The molecule has 24 heavy (non-hydrogen) atoms. The van der Waals surface area contributed by atoms with Gasteiger partial charge in [0.1, 0.15) is 5.75 Å². The highest BCUT2D eigenvalue weighted by Crippen LogP contribution is 2.25. The summed E-state index contributed by atoms with van der Waals surface area (Å²) in [4.78, 5) is 12.1. The van der Waals surface area contributed by atoms with E-state index in [1.807, 2.05) is 0 Å². The Labute approximate surface area is 145 Å². The van der Waals surface area contributed by atoms with Crippen molar-refractivity contribution in [2.24, 2.45) is 0 Å². The van der Waals surface area contributed by atoms with Crippen LogP contribution in [-0.2, 0) is 14.6 Å². The monoisotopic (exact) mass is 365 g/mol. The fourth-order valence-electron chi connectivity index (χ4n) is 1.89. The van der Waals surface area contributed by atoms with Gasteiger partial charge in [-0.25, -0.2) is 8.42 Å². The number of methoxy groups -OCH3 is 1. The molecule has 2 aromatic rings. The first-order valence-corrected chi connectivity index (χ1v) is 9.19. The molecule has 0 fully saturated rings. The molecule has 0 atom stereocenters. The van der Waals surface area contributed by atoms with Crippen LogP contribution in [0.1, 0.15) is 5.56 Å². The molecule has 0 aliphatic carbocycles. The van der Waals surface area contributed by atoms with Gasteiger partial charge in [0, 0.05) is 12.3 Å². The average Bonchev–Trinajstić information content (AvgIpc) is 2.54. The number of halogens is 1. The lowest BCUT2D eigenvalue weighted by atomic mass is 10.2. The maximum absolute atomic E-state index is 12.0. The minimum Gasteiger partial charge on any atom is -0.497 e. The van der Waals surface area contributed by atoms with E-state index in [0.717, 1.165) is 17.6 Å². The van der Waals surface area contributed by atoms with Crippen LogP contribution >= 0.6 is 11.6 Å². The fourth-order valence-corrected chi connectivity index (χ4v) is 2.70. The molecule has 0 spiro atoms. The largest absolute Gasteiger partial charge is 0.497 e. The number of hydrogen-bond donors (Lipinski definition) is 1. The van der Waals surface area contributed by atoms with Gasteiger partial charge in [-0.15, -0.1) is 0 Å². The number of hydrogen-bond acceptors (Lipinski definition) is 4. The van der Waals surface area contributed by atoms with Gasteiger partial charge in [0.15, 0.2) is 9.84 Å². The lowest BCUT2D eigenvalue weighted by molar-refractivity contribution is -0.111. The third-order valence-corrected chi connectivity index (χ3v) is 4.61. The van der Waals surface area contributed by atoms with Crippen molar-refractivity contribution < 1.29 is 17.9 Å². The number of amides is 1. The Balaban J connectivity index is 2.13. The highest BCUT2D eigenvalue weighted by atomic mass is 35.5. The van der Waals surface area contributed by atoms with Crippen molar-refractivity contribution in [3.05, 3.63) is 59.1 Å². The Bertz CT molecular complexity index is 874. The van der Waals surface area contributed by atoms with Gasteiger partial charge in [0.05, 0.1) is 22.7 Å². The molecule has 1 amide bonds. The first kappa shape index (κ1) is 18.0. The Kier molecular flexibility index (Phi) is 5.64. The van der Waals surface area contributed by atoms with Crippen molar-refractivity contribution in [3.8, 4) is 5.75 Å². The van der Waals surface area contributed by atoms with Gasteiger partial charge >= 0.3 is 0 Å². The summed E-state index contributed by atoms with van der Waals surface area (Å²) in [5.41, 5.74) is 1.06. The molecule has 126 valence electrons. The SMILES string of the molecule is COc1ccc(C=CC(=O)Nc2cc(S(C)(=O)=O)ccc2Cl)cc1. The van der Waals surface area contributed by atoms with Crippen molar-refractivity contribution in [1.29, 1.82) is 0 Å². The predicted octanol–water partition coefficient (Wildman–Crippen LogP) is 3.40. The van der Waals surface area contributed by atoms with Crippen LogP contribution < -0.4 is 10.1 Å². The Morgan fingerprint density at radius 1 is 1.17 bits per heavy atom. The van der Waals surface area contributed by atoms with Gasteiger partial charge in [-0.05, 0) is 42.0 Å². The summed E-state index contributed by atoms with van der Waals surface area (Å²) < 4.78 is 28.2. The lowest BCUT2D eigenvalue weighted by Crippen LogP contribution is -2.09. The van der Waals surface area contributed by atoms with Crippen LogP contribution in [-0.4, -0.2) is 27.7 Å². The maximum atomic E-state index is 12.0. The van der Waals surface area contributed by atoms with Crippen molar-refractivity contribution in [1.82, 2.24) is 0 Å². The Morgan fingerprint density at radius 3 is 2.42 bits per heavy atom. The summed E-state index contributed by atoms with van der Waals surface area (Å²) in [7, 11) is -1.80. The summed E-state index contributed by atoms with van der Waals surface area (Å²) in [5.74, 6) is 0.305. The first-order valence-electron chi connectivity index (χ1n) is 6.92. The van der Waals surface area contributed by atoms with Crippen LogP contribution in [0, 0.1) is 0 Å². The van der Waals surface area contributed by atoms with Crippen molar-refractivity contribution >= 4 is 39.1 Å². The summed E-state index contributed by atoms with van der Waals surface area (Å²) >= 11 is 5.99. The van der Waals surface area contributed by atoms with Crippen LogP contribution in [0.3, 0.4) is 0 Å². The third kappa shape index (κ3) is 4.84. The fraction of sp³-hybridized carbons (Fsp3) is 0.118. The molecule has 0 saturated heterocycles. The number of carbonyl (C=O) groups excluding carboxylic acids is 1. The van der Waals surface area contributed by atoms with E-state index in [-0.39, 0.29) is 15.6 Å². The third-order valence-electron chi connectivity index (χ3n) is 3.17. The number of anilines is 1. The lowest BCUT2D eigenvalue weighted by Gasteiger charge is -2.07. The summed E-state index contributed by atoms with van der Waals surface area (Å²) in [6.45, 7) is 0. The Hall–Kier alpha value is -2.31. The van der Waals surface area contributed by atoms with E-state index in [1.165, 1.54) is 24.3 Å². The first-order chi connectivity index (χ1) is 11.3. The molecule has 1 N–H and O–H groups in total. The van der Waals surface area contributed by atoms with E-state index in [0.29, 0.717) is 0 Å². The van der Waals surface area contributed by atoms with E-state index in [1.54, 1.807) is 37.5 Å². The highest BCUT2D eigenvalue weighted by molar-refractivity contribution is 7.90. The molecule has 0 unspecified atom stereocenters.